The van der Waals surface area contributed by atoms with Crippen LogP contribution in [0.4, 0.5) is 4.79 Å². The molecule has 0 saturated carbocycles. The van der Waals surface area contributed by atoms with Gasteiger partial charge in [0.2, 0.25) is 0 Å². The molecule has 11 heteroatoms. The van der Waals surface area contributed by atoms with Gasteiger partial charge in [-0.25, -0.2) is 4.79 Å². The zero-order valence-corrected chi connectivity index (χ0v) is 18.6. The van der Waals surface area contributed by atoms with Crippen LogP contribution in [0.3, 0.4) is 0 Å². The Balaban J connectivity index is 1.30. The second kappa shape index (κ2) is 13.5. The molecule has 1 unspecified atom stereocenters. The molecule has 2 amide bonds. The molecule has 33 heavy (non-hydrogen) atoms. The first-order chi connectivity index (χ1) is 16.1. The van der Waals surface area contributed by atoms with E-state index in [-0.39, 0.29) is 18.5 Å². The van der Waals surface area contributed by atoms with Gasteiger partial charge < -0.3 is 30.0 Å². The van der Waals surface area contributed by atoms with Crippen molar-refractivity contribution in [3.8, 4) is 0 Å². The lowest BCUT2D eigenvalue weighted by Crippen LogP contribution is -2.31. The predicted octanol–water partition coefficient (Wildman–Crippen LogP) is 1.40. The summed E-state index contributed by atoms with van der Waals surface area (Å²) in [6.07, 6.45) is 5.18. The minimum Gasteiger partial charge on any atom is -0.465 e. The number of carboxylic acid groups (broad SMARTS) is 1. The van der Waals surface area contributed by atoms with E-state index in [4.69, 9.17) is 19.3 Å². The second-order valence-electron chi connectivity index (χ2n) is 7.47. The first-order valence-corrected chi connectivity index (χ1v) is 11.1. The first kappa shape index (κ1) is 24.6. The van der Waals surface area contributed by atoms with Crippen LogP contribution >= 0.6 is 0 Å². The van der Waals surface area contributed by atoms with Gasteiger partial charge in [0.1, 0.15) is 5.69 Å². The molecule has 0 aliphatic heterocycles. The number of carbonyl (C=O) groups is 2. The number of fused-ring (bicyclic) bond motifs is 1. The molecule has 1 aliphatic rings. The maximum atomic E-state index is 12.5. The number of amides is 2. The average molecular weight is 462 g/mol. The summed E-state index contributed by atoms with van der Waals surface area (Å²) in [5.74, 6) is -0.174. The zero-order chi connectivity index (χ0) is 23.3. The normalized spacial score (nSPS) is 15.1. The van der Waals surface area contributed by atoms with Gasteiger partial charge in [0.15, 0.2) is 0 Å². The predicted molar refractivity (Wildman–Crippen MR) is 118 cm³/mol. The van der Waals surface area contributed by atoms with Gasteiger partial charge in [-0.05, 0) is 31.4 Å². The number of pyridine rings is 1. The van der Waals surface area contributed by atoms with E-state index in [1.165, 1.54) is 0 Å². The van der Waals surface area contributed by atoms with Gasteiger partial charge in [0.25, 0.3) is 5.91 Å². The third-order valence-corrected chi connectivity index (χ3v) is 5.18. The van der Waals surface area contributed by atoms with Gasteiger partial charge in [0.05, 0.1) is 58.4 Å². The fourth-order valence-corrected chi connectivity index (χ4v) is 3.61. The number of rotatable bonds is 14. The van der Waals surface area contributed by atoms with E-state index in [0.29, 0.717) is 51.9 Å². The maximum Gasteiger partial charge on any atom is 0.404 e. The van der Waals surface area contributed by atoms with E-state index in [1.54, 1.807) is 24.4 Å². The van der Waals surface area contributed by atoms with Crippen LogP contribution in [0.1, 0.15) is 40.6 Å². The highest BCUT2D eigenvalue weighted by atomic mass is 16.5. The van der Waals surface area contributed by atoms with Gasteiger partial charge in [-0.3, -0.25) is 14.5 Å². The monoisotopic (exact) mass is 461 g/mol. The Morgan fingerprint density at radius 1 is 1.09 bits per heavy atom. The minimum absolute atomic E-state index is 0.0616. The summed E-state index contributed by atoms with van der Waals surface area (Å²) in [7, 11) is 0. The van der Waals surface area contributed by atoms with Crippen LogP contribution in [-0.2, 0) is 27.2 Å². The largest absolute Gasteiger partial charge is 0.465 e. The number of hydrogen-bond donors (Lipinski definition) is 3. The number of hydrogen-bond acceptors (Lipinski definition) is 7. The van der Waals surface area contributed by atoms with Crippen molar-refractivity contribution in [1.29, 1.82) is 0 Å². The molecule has 3 N–H and O–H groups in total. The molecule has 180 valence electrons. The number of carbonyl (C=O) groups excluding carboxylic acids is 1. The molecular formula is C22H31N5O6. The maximum absolute atomic E-state index is 12.5. The minimum atomic E-state index is -1.06. The molecule has 11 nitrogen and oxygen atoms in total. The molecule has 2 aromatic rings. The molecule has 2 aromatic heterocycles. The first-order valence-electron chi connectivity index (χ1n) is 11.1. The summed E-state index contributed by atoms with van der Waals surface area (Å²) < 4.78 is 18.3. The highest BCUT2D eigenvalue weighted by Crippen LogP contribution is 2.29. The third kappa shape index (κ3) is 8.12. The SMILES string of the molecule is O=C(O)NCCOCCOCCOCCn1ncc2c1CCCC2NC(=O)c1ccccn1. The van der Waals surface area contributed by atoms with E-state index in [1.807, 2.05) is 10.9 Å². The Hall–Kier alpha value is -3.02. The van der Waals surface area contributed by atoms with E-state index in [0.717, 1.165) is 30.5 Å². The van der Waals surface area contributed by atoms with Crippen molar-refractivity contribution in [2.24, 2.45) is 0 Å². The molecule has 2 heterocycles. The second-order valence-corrected chi connectivity index (χ2v) is 7.47. The van der Waals surface area contributed by atoms with Gasteiger partial charge in [-0.1, -0.05) is 6.07 Å². The lowest BCUT2D eigenvalue weighted by Gasteiger charge is -2.24. The number of ether oxygens (including phenoxy) is 3. The zero-order valence-electron chi connectivity index (χ0n) is 18.6. The van der Waals surface area contributed by atoms with Gasteiger partial charge in [0, 0.05) is 24.0 Å². The molecule has 3 rings (SSSR count). The van der Waals surface area contributed by atoms with Crippen LogP contribution in [0.25, 0.3) is 0 Å². The summed E-state index contributed by atoms with van der Waals surface area (Å²) in [5, 5.41) is 18.2. The number of aromatic nitrogens is 3. The Bertz CT molecular complexity index is 875. The summed E-state index contributed by atoms with van der Waals surface area (Å²) in [6.45, 7) is 3.46. The van der Waals surface area contributed by atoms with Gasteiger partial charge in [-0.2, -0.15) is 5.10 Å². The van der Waals surface area contributed by atoms with Crippen molar-refractivity contribution in [3.05, 3.63) is 47.5 Å². The summed E-state index contributed by atoms with van der Waals surface area (Å²) >= 11 is 0. The fraction of sp³-hybridized carbons (Fsp3) is 0.545. The third-order valence-electron chi connectivity index (χ3n) is 5.18. The Kier molecular flexibility index (Phi) is 10.1. The van der Waals surface area contributed by atoms with Crippen LogP contribution in [0.2, 0.25) is 0 Å². The molecule has 0 radical (unpaired) electrons. The molecule has 0 aromatic carbocycles. The summed E-state index contributed by atoms with van der Waals surface area (Å²) in [4.78, 5) is 26.9. The van der Waals surface area contributed by atoms with Crippen LogP contribution in [0.5, 0.6) is 0 Å². The topological polar surface area (TPSA) is 137 Å². The highest BCUT2D eigenvalue weighted by molar-refractivity contribution is 5.92. The molecule has 1 atom stereocenters. The summed E-state index contributed by atoms with van der Waals surface area (Å²) in [6, 6.07) is 5.23. The molecule has 1 aliphatic carbocycles. The van der Waals surface area contributed by atoms with E-state index in [2.05, 4.69) is 20.7 Å². The average Bonchev–Trinajstić information content (AvgIpc) is 3.24. The molecule has 0 bridgehead atoms. The van der Waals surface area contributed by atoms with Crippen LogP contribution in [0.15, 0.2) is 30.6 Å². The number of nitrogens with zero attached hydrogens (tertiary/aromatic N) is 3. The quantitative estimate of drug-likeness (QED) is 0.359. The Morgan fingerprint density at radius 2 is 1.85 bits per heavy atom. The van der Waals surface area contributed by atoms with Gasteiger partial charge >= 0.3 is 6.09 Å². The van der Waals surface area contributed by atoms with Crippen LogP contribution in [-0.4, -0.2) is 78.1 Å². The lowest BCUT2D eigenvalue weighted by molar-refractivity contribution is 0.0133. The van der Waals surface area contributed by atoms with Crippen LogP contribution in [0, 0.1) is 0 Å². The van der Waals surface area contributed by atoms with Crippen molar-refractivity contribution in [1.82, 2.24) is 25.4 Å². The van der Waals surface area contributed by atoms with Crippen molar-refractivity contribution in [3.63, 3.8) is 0 Å². The fourth-order valence-electron chi connectivity index (χ4n) is 3.61. The summed E-state index contributed by atoms with van der Waals surface area (Å²) in [5.41, 5.74) is 2.61. The Labute approximate surface area is 192 Å². The lowest BCUT2D eigenvalue weighted by atomic mass is 9.93. The smallest absolute Gasteiger partial charge is 0.404 e. The van der Waals surface area contributed by atoms with Gasteiger partial charge in [-0.15, -0.1) is 0 Å². The van der Waals surface area contributed by atoms with E-state index in [9.17, 15) is 9.59 Å². The van der Waals surface area contributed by atoms with Crippen molar-refractivity contribution in [2.45, 2.75) is 31.8 Å². The van der Waals surface area contributed by atoms with Crippen molar-refractivity contribution < 1.29 is 28.9 Å². The Morgan fingerprint density at radius 3 is 2.58 bits per heavy atom. The molecular weight excluding hydrogens is 430 g/mol. The number of nitrogens with one attached hydrogen (secondary N) is 2. The van der Waals surface area contributed by atoms with E-state index < -0.39 is 6.09 Å². The van der Waals surface area contributed by atoms with Crippen molar-refractivity contribution >= 4 is 12.0 Å². The molecule has 0 fully saturated rings. The molecule has 0 saturated heterocycles. The standard InChI is InChI=1S/C22H31N5O6/c28-21(19-4-1-2-7-23-19)26-18-5-3-6-20-17(18)16-25-27(20)9-11-32-13-15-33-14-12-31-10-8-24-22(29)30/h1-2,4,7,16,18,24H,3,5-6,8-15H2,(H,26,28)(H,29,30). The molecule has 0 spiro atoms. The van der Waals surface area contributed by atoms with Crippen molar-refractivity contribution in [2.75, 3.05) is 46.2 Å². The van der Waals surface area contributed by atoms with Crippen LogP contribution < -0.4 is 10.6 Å². The highest BCUT2D eigenvalue weighted by Gasteiger charge is 2.26. The van der Waals surface area contributed by atoms with E-state index >= 15 is 0 Å².